The van der Waals surface area contributed by atoms with Gasteiger partial charge in [-0.05, 0) is 10.8 Å². The molecule has 0 fully saturated rings. The molecule has 1 heterocycles. The molecule has 7 heteroatoms. The second kappa shape index (κ2) is 4.78. The lowest BCUT2D eigenvalue weighted by Gasteiger charge is -1.93. The highest BCUT2D eigenvalue weighted by molar-refractivity contribution is 5.82. The molecule has 0 aliphatic rings. The van der Waals surface area contributed by atoms with Crippen LogP contribution < -0.4 is 5.43 Å². The maximum absolute atomic E-state index is 10.4. The normalized spacial score (nSPS) is 10.5. The van der Waals surface area contributed by atoms with E-state index in [0.717, 1.165) is 11.8 Å². The van der Waals surface area contributed by atoms with E-state index in [-0.39, 0.29) is 0 Å². The van der Waals surface area contributed by atoms with Gasteiger partial charge in [0.2, 0.25) is 0 Å². The van der Waals surface area contributed by atoms with Gasteiger partial charge in [-0.25, -0.2) is 5.43 Å². The predicted molar refractivity (Wildman–Crippen MR) is 57.2 cm³/mol. The Bertz CT molecular complexity index is 475. The number of rotatable bonds is 4. The largest absolute Gasteiger partial charge is 0.298 e. The molecule has 0 saturated carbocycles. The number of aromatic nitrogens is 4. The molecule has 0 bridgehead atoms. The molecule has 0 spiro atoms. The summed E-state index contributed by atoms with van der Waals surface area (Å²) in [6.45, 7) is 0. The van der Waals surface area contributed by atoms with E-state index in [2.05, 4.69) is 31.2 Å². The molecular weight excluding hydrogens is 208 g/mol. The Labute approximate surface area is 90.6 Å². The summed E-state index contributed by atoms with van der Waals surface area (Å²) in [5.74, 6) is 0.292. The average Bonchev–Trinajstić information content (AvgIpc) is 2.83. The third kappa shape index (κ3) is 2.47. The fourth-order valence-corrected chi connectivity index (χ4v) is 1.03. The van der Waals surface area contributed by atoms with Gasteiger partial charge in [0.25, 0.3) is 5.95 Å². The molecule has 2 rings (SSSR count). The van der Waals surface area contributed by atoms with Gasteiger partial charge >= 0.3 is 0 Å². The molecule has 2 N–H and O–H groups in total. The fourth-order valence-electron chi connectivity index (χ4n) is 1.03. The molecule has 0 atom stereocenters. The number of hydrogen-bond acceptors (Lipinski definition) is 6. The molecule has 0 aliphatic carbocycles. The number of carbonyl (C=O) groups is 1. The summed E-state index contributed by atoms with van der Waals surface area (Å²) in [4.78, 5) is 10.4. The van der Waals surface area contributed by atoms with E-state index < -0.39 is 0 Å². The molecule has 1 aromatic heterocycles. The number of nitrogens with zero attached hydrogens (tertiary/aromatic N) is 4. The quantitative estimate of drug-likeness (QED) is 0.439. The van der Waals surface area contributed by atoms with Crippen LogP contribution in [0.5, 0.6) is 0 Å². The number of H-pyrrole nitrogens is 1. The van der Waals surface area contributed by atoms with E-state index in [0.29, 0.717) is 11.5 Å². The van der Waals surface area contributed by atoms with E-state index in [1.54, 1.807) is 30.5 Å². The van der Waals surface area contributed by atoms with E-state index in [9.17, 15) is 4.79 Å². The van der Waals surface area contributed by atoms with Crippen molar-refractivity contribution in [1.29, 1.82) is 0 Å². The number of hydrazone groups is 1. The van der Waals surface area contributed by atoms with E-state index in [4.69, 9.17) is 0 Å². The summed E-state index contributed by atoms with van der Waals surface area (Å²) in [5.41, 5.74) is 4.08. The van der Waals surface area contributed by atoms with Gasteiger partial charge < -0.3 is 0 Å². The van der Waals surface area contributed by atoms with Gasteiger partial charge in [0.15, 0.2) is 0 Å². The first-order chi connectivity index (χ1) is 7.88. The standard InChI is InChI=1S/C9H8N6O/c16-6-8-3-1-7(2-4-8)5-10-11-9-12-14-15-13-9/h1-6H,(H2,11,12,13,14,15)/b10-5+. The fraction of sp³-hybridized carbons (Fsp3) is 0. The summed E-state index contributed by atoms with van der Waals surface area (Å²) in [6.07, 6.45) is 2.38. The molecule has 7 nitrogen and oxygen atoms in total. The Kier molecular flexibility index (Phi) is 2.98. The molecule has 0 unspecified atom stereocenters. The van der Waals surface area contributed by atoms with Crippen molar-refractivity contribution in [2.75, 3.05) is 5.43 Å². The third-order valence-electron chi connectivity index (χ3n) is 1.80. The van der Waals surface area contributed by atoms with Crippen molar-refractivity contribution in [2.45, 2.75) is 0 Å². The summed E-state index contributed by atoms with van der Waals surface area (Å²) in [6, 6.07) is 6.99. The molecule has 0 amide bonds. The minimum atomic E-state index is 0.292. The van der Waals surface area contributed by atoms with E-state index in [1.165, 1.54) is 0 Å². The lowest BCUT2D eigenvalue weighted by Crippen LogP contribution is -1.92. The summed E-state index contributed by atoms with van der Waals surface area (Å²) in [7, 11) is 0. The summed E-state index contributed by atoms with van der Waals surface area (Å²) in [5, 5.41) is 16.9. The topological polar surface area (TPSA) is 95.9 Å². The summed E-state index contributed by atoms with van der Waals surface area (Å²) >= 11 is 0. The number of anilines is 1. The average molecular weight is 216 g/mol. The monoisotopic (exact) mass is 216 g/mol. The highest BCUT2D eigenvalue weighted by Gasteiger charge is 1.92. The lowest BCUT2D eigenvalue weighted by atomic mass is 10.2. The van der Waals surface area contributed by atoms with Crippen molar-refractivity contribution in [3.05, 3.63) is 35.4 Å². The van der Waals surface area contributed by atoms with Crippen LogP contribution in [0.1, 0.15) is 15.9 Å². The van der Waals surface area contributed by atoms with E-state index >= 15 is 0 Å². The first-order valence-electron chi connectivity index (χ1n) is 4.46. The smallest absolute Gasteiger partial charge is 0.283 e. The Morgan fingerprint density at radius 1 is 1.25 bits per heavy atom. The minimum Gasteiger partial charge on any atom is -0.298 e. The van der Waals surface area contributed by atoms with Gasteiger partial charge in [-0.1, -0.05) is 29.4 Å². The summed E-state index contributed by atoms with van der Waals surface area (Å²) < 4.78 is 0. The molecular formula is C9H8N6O. The number of benzene rings is 1. The highest BCUT2D eigenvalue weighted by atomic mass is 16.1. The predicted octanol–water partition coefficient (Wildman–Crippen LogP) is 0.458. The van der Waals surface area contributed by atoms with Crippen LogP contribution in [-0.2, 0) is 0 Å². The maximum atomic E-state index is 10.4. The van der Waals surface area contributed by atoms with Crippen LogP contribution in [0, 0.1) is 0 Å². The van der Waals surface area contributed by atoms with Crippen molar-refractivity contribution in [2.24, 2.45) is 5.10 Å². The van der Waals surface area contributed by atoms with Crippen LogP contribution in [0.4, 0.5) is 5.95 Å². The van der Waals surface area contributed by atoms with Crippen LogP contribution in [0.25, 0.3) is 0 Å². The Hall–Kier alpha value is -2.57. The molecule has 16 heavy (non-hydrogen) atoms. The van der Waals surface area contributed by atoms with Crippen molar-refractivity contribution in [3.8, 4) is 0 Å². The molecule has 80 valence electrons. The van der Waals surface area contributed by atoms with Crippen LogP contribution in [0.15, 0.2) is 29.4 Å². The number of hydrogen-bond donors (Lipinski definition) is 2. The van der Waals surface area contributed by atoms with Crippen LogP contribution in [0.3, 0.4) is 0 Å². The van der Waals surface area contributed by atoms with Gasteiger partial charge in [-0.15, -0.1) is 5.10 Å². The second-order valence-corrected chi connectivity index (χ2v) is 2.89. The zero-order valence-corrected chi connectivity index (χ0v) is 8.16. The van der Waals surface area contributed by atoms with Crippen molar-refractivity contribution < 1.29 is 4.79 Å². The Balaban J connectivity index is 1.98. The van der Waals surface area contributed by atoms with Gasteiger partial charge in [0.05, 0.1) is 6.21 Å². The minimum absolute atomic E-state index is 0.292. The first-order valence-corrected chi connectivity index (χ1v) is 4.46. The van der Waals surface area contributed by atoms with Crippen LogP contribution in [0.2, 0.25) is 0 Å². The van der Waals surface area contributed by atoms with Crippen molar-refractivity contribution in [1.82, 2.24) is 20.6 Å². The number of carbonyl (C=O) groups excluding carboxylic acids is 1. The second-order valence-electron chi connectivity index (χ2n) is 2.89. The van der Waals surface area contributed by atoms with E-state index in [1.807, 2.05) is 0 Å². The zero-order valence-electron chi connectivity index (χ0n) is 8.16. The van der Waals surface area contributed by atoms with Gasteiger partial charge in [0, 0.05) is 5.56 Å². The maximum Gasteiger partial charge on any atom is 0.283 e. The van der Waals surface area contributed by atoms with Gasteiger partial charge in [0.1, 0.15) is 6.29 Å². The Morgan fingerprint density at radius 2 is 2.00 bits per heavy atom. The van der Waals surface area contributed by atoms with Gasteiger partial charge in [-0.2, -0.15) is 10.3 Å². The molecule has 0 saturated heterocycles. The van der Waals surface area contributed by atoms with Crippen molar-refractivity contribution >= 4 is 18.4 Å². The van der Waals surface area contributed by atoms with Crippen molar-refractivity contribution in [3.63, 3.8) is 0 Å². The molecule has 0 radical (unpaired) electrons. The van der Waals surface area contributed by atoms with Crippen LogP contribution in [-0.4, -0.2) is 33.1 Å². The molecule has 1 aromatic carbocycles. The number of tetrazole rings is 1. The first kappa shape index (κ1) is 9.97. The Morgan fingerprint density at radius 3 is 2.62 bits per heavy atom. The number of nitrogens with one attached hydrogen (secondary N) is 2. The van der Waals surface area contributed by atoms with Crippen LogP contribution >= 0.6 is 0 Å². The highest BCUT2D eigenvalue weighted by Crippen LogP contribution is 2.00. The number of aldehydes is 1. The number of aromatic amines is 1. The molecule has 2 aromatic rings. The van der Waals surface area contributed by atoms with Gasteiger partial charge in [-0.3, -0.25) is 4.79 Å². The SMILES string of the molecule is O=Cc1ccc(/C=N/Nc2nn[nH]n2)cc1. The zero-order chi connectivity index (χ0) is 11.2. The lowest BCUT2D eigenvalue weighted by molar-refractivity contribution is 0.112. The third-order valence-corrected chi connectivity index (χ3v) is 1.80. The molecule has 0 aliphatic heterocycles.